The van der Waals surface area contributed by atoms with Crippen molar-refractivity contribution in [3.8, 4) is 11.5 Å². The molecule has 0 saturated carbocycles. The Morgan fingerprint density at radius 2 is 1.68 bits per heavy atom. The Morgan fingerprint density at radius 3 is 2.30 bits per heavy atom. The molecule has 0 aliphatic carbocycles. The summed E-state index contributed by atoms with van der Waals surface area (Å²) in [6, 6.07) is 10.9. The minimum absolute atomic E-state index is 0.0754. The lowest BCUT2D eigenvalue weighted by Crippen LogP contribution is -2.38. The first kappa shape index (κ1) is 26.1. The SMILES string of the molecule is COc1ccc(CNC(=O)c2cn3c(=O)n(Cc4ccc(S(N)(=O)=O)cc4)c(=O)c(C)c3s2)cc1OC. The highest BCUT2D eigenvalue weighted by Crippen LogP contribution is 2.27. The number of benzene rings is 2. The minimum Gasteiger partial charge on any atom is -0.493 e. The zero-order valence-electron chi connectivity index (χ0n) is 20.2. The summed E-state index contributed by atoms with van der Waals surface area (Å²) in [6.45, 7) is 1.71. The third-order valence-electron chi connectivity index (χ3n) is 5.71. The number of primary sulfonamides is 1. The van der Waals surface area contributed by atoms with Gasteiger partial charge >= 0.3 is 5.69 Å². The standard InChI is InChI=1S/C24H24N4O7S2/c1-14-22(30)27(12-15-4-7-17(8-5-15)37(25,32)33)24(31)28-13-20(36-23(14)28)21(29)26-11-16-6-9-18(34-2)19(10-16)35-3/h4-10,13H,11-12H2,1-3H3,(H,26,29)(H2,25,32,33). The van der Waals surface area contributed by atoms with Gasteiger partial charge in [0.05, 0.1) is 25.7 Å². The van der Waals surface area contributed by atoms with Gasteiger partial charge in [0.2, 0.25) is 10.0 Å². The van der Waals surface area contributed by atoms with E-state index in [1.54, 1.807) is 25.1 Å². The Kier molecular flexibility index (Phi) is 7.21. The summed E-state index contributed by atoms with van der Waals surface area (Å²) in [5.41, 5.74) is 0.517. The van der Waals surface area contributed by atoms with E-state index in [4.69, 9.17) is 14.6 Å². The van der Waals surface area contributed by atoms with Gasteiger partial charge in [-0.15, -0.1) is 11.3 Å². The molecule has 0 spiro atoms. The summed E-state index contributed by atoms with van der Waals surface area (Å²) in [4.78, 5) is 39.5. The Bertz CT molecular complexity index is 1720. The van der Waals surface area contributed by atoms with Crippen LogP contribution in [0, 0.1) is 6.92 Å². The summed E-state index contributed by atoms with van der Waals surface area (Å²) >= 11 is 1.04. The van der Waals surface area contributed by atoms with Crippen molar-refractivity contribution < 1.29 is 22.7 Å². The van der Waals surface area contributed by atoms with Crippen LogP contribution in [-0.4, -0.2) is 37.5 Å². The van der Waals surface area contributed by atoms with Crippen LogP contribution >= 0.6 is 11.3 Å². The number of aryl methyl sites for hydroxylation is 1. The number of rotatable bonds is 8. The summed E-state index contributed by atoms with van der Waals surface area (Å²) in [5.74, 6) is 0.698. The molecule has 2 aromatic heterocycles. The number of nitrogens with one attached hydrogen (secondary N) is 1. The number of carbonyl (C=O) groups excluding carboxylic acids is 1. The second-order valence-corrected chi connectivity index (χ2v) is 10.7. The average molecular weight is 545 g/mol. The Balaban J connectivity index is 1.60. The number of hydrogen-bond acceptors (Lipinski definition) is 8. The van der Waals surface area contributed by atoms with E-state index in [0.29, 0.717) is 27.5 Å². The van der Waals surface area contributed by atoms with Crippen molar-refractivity contribution in [2.24, 2.45) is 5.14 Å². The number of sulfonamides is 1. The van der Waals surface area contributed by atoms with Crippen LogP contribution in [0.1, 0.15) is 26.4 Å². The van der Waals surface area contributed by atoms with E-state index in [2.05, 4.69) is 5.32 Å². The topological polar surface area (TPSA) is 151 Å². The van der Waals surface area contributed by atoms with Crippen molar-refractivity contribution in [2.75, 3.05) is 14.2 Å². The average Bonchev–Trinajstić information content (AvgIpc) is 3.34. The van der Waals surface area contributed by atoms with Crippen LogP contribution in [0.3, 0.4) is 0 Å². The van der Waals surface area contributed by atoms with Crippen LogP contribution in [0.5, 0.6) is 11.5 Å². The number of ether oxygens (including phenoxy) is 2. The van der Waals surface area contributed by atoms with E-state index >= 15 is 0 Å². The molecule has 0 aliphatic heterocycles. The van der Waals surface area contributed by atoms with Crippen LogP contribution < -0.4 is 31.2 Å². The first-order valence-corrected chi connectivity index (χ1v) is 13.3. The predicted octanol–water partition coefficient (Wildman–Crippen LogP) is 1.47. The first-order valence-electron chi connectivity index (χ1n) is 10.9. The van der Waals surface area contributed by atoms with Crippen molar-refractivity contribution in [3.63, 3.8) is 0 Å². The molecule has 2 heterocycles. The van der Waals surface area contributed by atoms with Gasteiger partial charge in [0.25, 0.3) is 11.5 Å². The number of amides is 1. The van der Waals surface area contributed by atoms with Gasteiger partial charge in [-0.05, 0) is 42.3 Å². The molecule has 2 aromatic carbocycles. The van der Waals surface area contributed by atoms with Crippen LogP contribution in [0.2, 0.25) is 0 Å². The molecule has 0 radical (unpaired) electrons. The van der Waals surface area contributed by atoms with E-state index in [1.165, 1.54) is 49.1 Å². The number of nitrogens with zero attached hydrogens (tertiary/aromatic N) is 2. The molecular formula is C24H24N4O7S2. The quantitative estimate of drug-likeness (QED) is 0.341. The van der Waals surface area contributed by atoms with Gasteiger partial charge in [-0.2, -0.15) is 0 Å². The Morgan fingerprint density at radius 1 is 1.03 bits per heavy atom. The number of thiazole rings is 1. The smallest absolute Gasteiger partial charge is 0.336 e. The van der Waals surface area contributed by atoms with E-state index in [-0.39, 0.29) is 22.9 Å². The van der Waals surface area contributed by atoms with E-state index in [0.717, 1.165) is 21.5 Å². The predicted molar refractivity (Wildman–Crippen MR) is 138 cm³/mol. The van der Waals surface area contributed by atoms with Gasteiger partial charge in [-0.25, -0.2) is 18.4 Å². The molecule has 0 atom stereocenters. The molecule has 0 saturated heterocycles. The monoisotopic (exact) mass is 544 g/mol. The van der Waals surface area contributed by atoms with Crippen molar-refractivity contribution in [1.82, 2.24) is 14.3 Å². The molecule has 1 amide bonds. The normalized spacial score (nSPS) is 11.5. The van der Waals surface area contributed by atoms with Crippen LogP contribution in [-0.2, 0) is 23.1 Å². The number of methoxy groups -OCH3 is 2. The molecule has 0 fully saturated rings. The highest BCUT2D eigenvalue weighted by atomic mass is 32.2. The molecule has 3 N–H and O–H groups in total. The molecular weight excluding hydrogens is 520 g/mol. The zero-order valence-corrected chi connectivity index (χ0v) is 21.8. The molecule has 194 valence electrons. The fourth-order valence-electron chi connectivity index (χ4n) is 3.74. The molecule has 0 bridgehead atoms. The van der Waals surface area contributed by atoms with Crippen LogP contribution in [0.4, 0.5) is 0 Å². The molecule has 0 aliphatic rings. The van der Waals surface area contributed by atoms with Gasteiger partial charge in [0.15, 0.2) is 11.5 Å². The van der Waals surface area contributed by atoms with Crippen molar-refractivity contribution in [2.45, 2.75) is 24.9 Å². The summed E-state index contributed by atoms with van der Waals surface area (Å²) in [5, 5.41) is 7.92. The highest BCUT2D eigenvalue weighted by Gasteiger charge is 2.18. The lowest BCUT2D eigenvalue weighted by molar-refractivity contribution is 0.0954. The first-order chi connectivity index (χ1) is 17.5. The Labute approximate surface area is 215 Å². The van der Waals surface area contributed by atoms with Crippen molar-refractivity contribution >= 4 is 32.1 Å². The summed E-state index contributed by atoms with van der Waals surface area (Å²) in [6.07, 6.45) is 1.40. The van der Waals surface area contributed by atoms with Crippen LogP contribution in [0.15, 0.2) is 63.1 Å². The fraction of sp³-hybridized carbons (Fsp3) is 0.208. The van der Waals surface area contributed by atoms with Gasteiger partial charge < -0.3 is 14.8 Å². The van der Waals surface area contributed by atoms with Crippen LogP contribution in [0.25, 0.3) is 4.83 Å². The summed E-state index contributed by atoms with van der Waals surface area (Å²) in [7, 11) is -0.807. The van der Waals surface area contributed by atoms with E-state index in [9.17, 15) is 22.8 Å². The number of nitrogens with two attached hydrogens (primary N) is 1. The second kappa shape index (κ2) is 10.2. The molecule has 11 nitrogen and oxygen atoms in total. The Hall–Kier alpha value is -3.94. The lowest BCUT2D eigenvalue weighted by Gasteiger charge is -2.10. The largest absolute Gasteiger partial charge is 0.493 e. The molecule has 0 unspecified atom stereocenters. The second-order valence-electron chi connectivity index (χ2n) is 8.13. The number of carbonyl (C=O) groups is 1. The van der Waals surface area contributed by atoms with E-state index < -0.39 is 27.2 Å². The third-order valence-corrected chi connectivity index (χ3v) is 7.85. The van der Waals surface area contributed by atoms with Gasteiger partial charge in [-0.3, -0.25) is 18.6 Å². The minimum atomic E-state index is -3.86. The molecule has 13 heteroatoms. The van der Waals surface area contributed by atoms with Crippen molar-refractivity contribution in [1.29, 1.82) is 0 Å². The summed E-state index contributed by atoms with van der Waals surface area (Å²) < 4.78 is 35.7. The highest BCUT2D eigenvalue weighted by molar-refractivity contribution is 7.89. The fourth-order valence-corrected chi connectivity index (χ4v) is 5.25. The number of aromatic nitrogens is 2. The third kappa shape index (κ3) is 5.28. The molecule has 37 heavy (non-hydrogen) atoms. The van der Waals surface area contributed by atoms with Gasteiger partial charge in [-0.1, -0.05) is 18.2 Å². The maximum atomic E-state index is 13.1. The van der Waals surface area contributed by atoms with Gasteiger partial charge in [0, 0.05) is 18.3 Å². The molecule has 4 aromatic rings. The number of hydrogen-bond donors (Lipinski definition) is 2. The number of fused-ring (bicyclic) bond motifs is 1. The van der Waals surface area contributed by atoms with E-state index in [1.807, 2.05) is 0 Å². The molecule has 4 rings (SSSR count). The van der Waals surface area contributed by atoms with Gasteiger partial charge in [0.1, 0.15) is 9.71 Å². The zero-order chi connectivity index (χ0) is 26.9. The lowest BCUT2D eigenvalue weighted by atomic mass is 10.2. The maximum Gasteiger partial charge on any atom is 0.336 e. The van der Waals surface area contributed by atoms with Crippen molar-refractivity contribution in [3.05, 3.63) is 91.1 Å². The maximum absolute atomic E-state index is 13.1.